The average Bonchev–Trinajstić information content (AvgIpc) is 2.75. The first-order valence-corrected chi connectivity index (χ1v) is 7.20. The number of hydrogen-bond donors (Lipinski definition) is 1. The molecule has 5 heteroatoms. The number of rotatable bonds is 1. The molecule has 2 saturated heterocycles. The molecule has 0 bridgehead atoms. The summed E-state index contributed by atoms with van der Waals surface area (Å²) in [7, 11) is 0. The summed E-state index contributed by atoms with van der Waals surface area (Å²) in [6.45, 7) is 3.28. The number of piperidine rings is 1. The van der Waals surface area contributed by atoms with E-state index in [1.807, 2.05) is 12.3 Å². The smallest absolute Gasteiger partial charge is 0.147 e. The predicted molar refractivity (Wildman–Crippen MR) is 73.7 cm³/mol. The Morgan fingerprint density at radius 1 is 1.47 bits per heavy atom. The van der Waals surface area contributed by atoms with E-state index in [1.165, 1.54) is 12.8 Å². The molecule has 3 heterocycles. The molecule has 92 valence electrons. The lowest BCUT2D eigenvalue weighted by molar-refractivity contribution is 0.375. The van der Waals surface area contributed by atoms with Crippen molar-refractivity contribution in [2.45, 2.75) is 18.9 Å². The van der Waals surface area contributed by atoms with Gasteiger partial charge in [-0.1, -0.05) is 11.6 Å². The molecule has 1 aromatic rings. The molecule has 0 aromatic carbocycles. The van der Waals surface area contributed by atoms with E-state index < -0.39 is 0 Å². The molecule has 0 aliphatic carbocycles. The zero-order valence-corrected chi connectivity index (χ0v) is 11.8. The summed E-state index contributed by atoms with van der Waals surface area (Å²) in [5.74, 6) is 1.69. The predicted octanol–water partition coefficient (Wildman–Crippen LogP) is 2.69. The SMILES string of the molecule is Clc1cc(Br)cnc1N1CCC2NCCC2C1. The standard InChI is InChI=1S/C12H15BrClN3/c13-9-5-10(14)12(16-6-9)17-4-2-11-8(7-17)1-3-15-11/h5-6,8,11,15H,1-4,7H2. The van der Waals surface area contributed by atoms with Crippen LogP contribution in [-0.2, 0) is 0 Å². The maximum absolute atomic E-state index is 6.26. The highest BCUT2D eigenvalue weighted by molar-refractivity contribution is 9.10. The fourth-order valence-electron chi connectivity index (χ4n) is 2.88. The van der Waals surface area contributed by atoms with Gasteiger partial charge >= 0.3 is 0 Å². The van der Waals surface area contributed by atoms with Crippen LogP contribution in [0.2, 0.25) is 5.02 Å². The Morgan fingerprint density at radius 3 is 3.18 bits per heavy atom. The number of fused-ring (bicyclic) bond motifs is 1. The van der Waals surface area contributed by atoms with Crippen LogP contribution in [0.25, 0.3) is 0 Å². The molecule has 17 heavy (non-hydrogen) atoms. The van der Waals surface area contributed by atoms with E-state index in [1.54, 1.807) is 0 Å². The van der Waals surface area contributed by atoms with Crippen LogP contribution < -0.4 is 10.2 Å². The minimum atomic E-state index is 0.709. The van der Waals surface area contributed by atoms with Gasteiger partial charge in [-0.15, -0.1) is 0 Å². The summed E-state index contributed by atoms with van der Waals surface area (Å²) in [4.78, 5) is 6.76. The van der Waals surface area contributed by atoms with Gasteiger partial charge in [0.2, 0.25) is 0 Å². The lowest BCUT2D eigenvalue weighted by Gasteiger charge is -2.36. The van der Waals surface area contributed by atoms with Crippen LogP contribution >= 0.6 is 27.5 Å². The van der Waals surface area contributed by atoms with Gasteiger partial charge in [0.1, 0.15) is 5.82 Å². The number of pyridine rings is 1. The maximum Gasteiger partial charge on any atom is 0.147 e. The lowest BCUT2D eigenvalue weighted by Crippen LogP contribution is -2.44. The third-order valence-corrected chi connectivity index (χ3v) is 4.46. The normalized spacial score (nSPS) is 28.2. The first-order chi connectivity index (χ1) is 8.24. The first kappa shape index (κ1) is 11.8. The molecule has 0 radical (unpaired) electrons. The molecule has 0 saturated carbocycles. The zero-order chi connectivity index (χ0) is 11.8. The molecular formula is C12H15BrClN3. The maximum atomic E-state index is 6.26. The quantitative estimate of drug-likeness (QED) is 0.863. The number of hydrogen-bond acceptors (Lipinski definition) is 3. The molecule has 2 atom stereocenters. The van der Waals surface area contributed by atoms with Crippen molar-refractivity contribution in [1.82, 2.24) is 10.3 Å². The summed E-state index contributed by atoms with van der Waals surface area (Å²) < 4.78 is 0.934. The van der Waals surface area contributed by atoms with Crippen molar-refractivity contribution in [2.24, 2.45) is 5.92 Å². The Balaban J connectivity index is 1.80. The molecule has 2 aliphatic heterocycles. The summed E-state index contributed by atoms with van der Waals surface area (Å²) in [5, 5.41) is 4.31. The highest BCUT2D eigenvalue weighted by Crippen LogP contribution is 2.32. The van der Waals surface area contributed by atoms with E-state index in [4.69, 9.17) is 11.6 Å². The number of nitrogens with one attached hydrogen (secondary N) is 1. The second kappa shape index (κ2) is 4.75. The second-order valence-electron chi connectivity index (χ2n) is 4.80. The topological polar surface area (TPSA) is 28.2 Å². The number of halogens is 2. The molecule has 2 fully saturated rings. The zero-order valence-electron chi connectivity index (χ0n) is 9.50. The molecule has 0 spiro atoms. The van der Waals surface area contributed by atoms with Gasteiger partial charge in [0, 0.05) is 29.8 Å². The van der Waals surface area contributed by atoms with Gasteiger partial charge in [-0.2, -0.15) is 0 Å². The van der Waals surface area contributed by atoms with Gasteiger partial charge in [-0.3, -0.25) is 0 Å². The van der Waals surface area contributed by atoms with Crippen LogP contribution in [0, 0.1) is 5.92 Å². The number of anilines is 1. The van der Waals surface area contributed by atoms with Gasteiger partial charge in [0.15, 0.2) is 0 Å². The molecule has 2 aliphatic rings. The van der Waals surface area contributed by atoms with Crippen molar-refractivity contribution in [3.63, 3.8) is 0 Å². The highest BCUT2D eigenvalue weighted by atomic mass is 79.9. The third-order valence-electron chi connectivity index (χ3n) is 3.74. The van der Waals surface area contributed by atoms with Crippen LogP contribution in [0.1, 0.15) is 12.8 Å². The Hall–Kier alpha value is -0.320. The molecule has 0 amide bonds. The van der Waals surface area contributed by atoms with E-state index >= 15 is 0 Å². The minimum Gasteiger partial charge on any atom is -0.355 e. The van der Waals surface area contributed by atoms with E-state index in [2.05, 4.69) is 31.1 Å². The van der Waals surface area contributed by atoms with Crippen molar-refractivity contribution in [2.75, 3.05) is 24.5 Å². The van der Waals surface area contributed by atoms with Crippen LogP contribution in [0.4, 0.5) is 5.82 Å². The number of aromatic nitrogens is 1. The summed E-state index contributed by atoms with van der Waals surface area (Å²) in [5.41, 5.74) is 0. The number of nitrogens with zero attached hydrogens (tertiary/aromatic N) is 2. The fraction of sp³-hybridized carbons (Fsp3) is 0.583. The molecule has 3 nitrogen and oxygen atoms in total. The van der Waals surface area contributed by atoms with Gasteiger partial charge in [0.05, 0.1) is 5.02 Å². The van der Waals surface area contributed by atoms with Crippen molar-refractivity contribution in [1.29, 1.82) is 0 Å². The average molecular weight is 317 g/mol. The molecule has 3 rings (SSSR count). The van der Waals surface area contributed by atoms with Crippen LogP contribution in [0.5, 0.6) is 0 Å². The Labute approximate surface area is 115 Å². The highest BCUT2D eigenvalue weighted by Gasteiger charge is 2.33. The van der Waals surface area contributed by atoms with E-state index in [-0.39, 0.29) is 0 Å². The van der Waals surface area contributed by atoms with Gasteiger partial charge in [-0.25, -0.2) is 4.98 Å². The van der Waals surface area contributed by atoms with Crippen LogP contribution in [0.15, 0.2) is 16.7 Å². The van der Waals surface area contributed by atoms with Crippen molar-refractivity contribution in [3.8, 4) is 0 Å². The molecular weight excluding hydrogens is 302 g/mol. The molecule has 2 unspecified atom stereocenters. The van der Waals surface area contributed by atoms with E-state index in [0.717, 1.165) is 40.9 Å². The van der Waals surface area contributed by atoms with Crippen LogP contribution in [0.3, 0.4) is 0 Å². The molecule has 1 aromatic heterocycles. The van der Waals surface area contributed by atoms with Gasteiger partial charge in [-0.05, 0) is 47.3 Å². The van der Waals surface area contributed by atoms with Crippen molar-refractivity contribution >= 4 is 33.3 Å². The summed E-state index contributed by atoms with van der Waals surface area (Å²) in [6.07, 6.45) is 4.29. The third kappa shape index (κ3) is 2.30. The Morgan fingerprint density at radius 2 is 2.35 bits per heavy atom. The minimum absolute atomic E-state index is 0.709. The summed E-state index contributed by atoms with van der Waals surface area (Å²) in [6, 6.07) is 2.63. The van der Waals surface area contributed by atoms with E-state index in [0.29, 0.717) is 6.04 Å². The first-order valence-electron chi connectivity index (χ1n) is 6.03. The van der Waals surface area contributed by atoms with Crippen molar-refractivity contribution < 1.29 is 0 Å². The molecule has 1 N–H and O–H groups in total. The lowest BCUT2D eigenvalue weighted by atomic mass is 9.93. The second-order valence-corrected chi connectivity index (χ2v) is 6.13. The van der Waals surface area contributed by atoms with Crippen molar-refractivity contribution in [3.05, 3.63) is 21.8 Å². The largest absolute Gasteiger partial charge is 0.355 e. The summed E-state index contributed by atoms with van der Waals surface area (Å²) >= 11 is 9.65. The van der Waals surface area contributed by atoms with E-state index in [9.17, 15) is 0 Å². The Kier molecular flexibility index (Phi) is 3.28. The van der Waals surface area contributed by atoms with Crippen LogP contribution in [-0.4, -0.2) is 30.7 Å². The van der Waals surface area contributed by atoms with Gasteiger partial charge < -0.3 is 10.2 Å². The monoisotopic (exact) mass is 315 g/mol. The van der Waals surface area contributed by atoms with Gasteiger partial charge in [0.25, 0.3) is 0 Å². The fourth-order valence-corrected chi connectivity index (χ4v) is 3.63. The Bertz CT molecular complexity index is 426.